The van der Waals surface area contributed by atoms with E-state index in [1.54, 1.807) is 18.2 Å². The molecule has 0 fully saturated rings. The van der Waals surface area contributed by atoms with E-state index in [0.717, 1.165) is 12.0 Å². The zero-order valence-electron chi connectivity index (χ0n) is 13.8. The summed E-state index contributed by atoms with van der Waals surface area (Å²) in [6.45, 7) is 3.83. The van der Waals surface area contributed by atoms with Gasteiger partial charge in [0.25, 0.3) is 11.3 Å². The van der Waals surface area contributed by atoms with Crippen molar-refractivity contribution < 1.29 is 4.79 Å². The lowest BCUT2D eigenvalue weighted by molar-refractivity contribution is 0.262. The van der Waals surface area contributed by atoms with E-state index < -0.39 is 11.6 Å². The number of fused-ring (bicyclic) bond motifs is 1. The van der Waals surface area contributed by atoms with Gasteiger partial charge in [-0.3, -0.25) is 9.89 Å². The van der Waals surface area contributed by atoms with Crippen LogP contribution in [0.2, 0.25) is 5.02 Å². The Morgan fingerprint density at radius 1 is 1.36 bits per heavy atom. The predicted octanol–water partition coefficient (Wildman–Crippen LogP) is 2.98. The van der Waals surface area contributed by atoms with Crippen LogP contribution in [0, 0.1) is 6.92 Å². The highest BCUT2D eigenvalue weighted by Crippen LogP contribution is 2.20. The molecule has 0 unspecified atom stereocenters. The van der Waals surface area contributed by atoms with Crippen molar-refractivity contribution in [3.63, 3.8) is 0 Å². The summed E-state index contributed by atoms with van der Waals surface area (Å²) in [7, 11) is 0. The van der Waals surface area contributed by atoms with Crippen LogP contribution in [0.4, 0.5) is 16.2 Å². The van der Waals surface area contributed by atoms with Crippen molar-refractivity contribution in [2.75, 3.05) is 10.6 Å². The Morgan fingerprint density at radius 3 is 2.88 bits per heavy atom. The molecule has 2 heterocycles. The number of hydrogen-bond acceptors (Lipinski definition) is 4. The molecule has 0 atom stereocenters. The monoisotopic (exact) mass is 360 g/mol. The normalized spacial score (nSPS) is 10.8. The average Bonchev–Trinajstić information content (AvgIpc) is 3.03. The summed E-state index contributed by atoms with van der Waals surface area (Å²) in [4.78, 5) is 33.2. The van der Waals surface area contributed by atoms with Crippen molar-refractivity contribution in [2.24, 2.45) is 0 Å². The molecule has 0 spiro atoms. The molecule has 3 aromatic rings. The number of carbonyl (C=O) groups is 1. The number of benzene rings is 1. The topological polar surface area (TPSA) is 104 Å². The third kappa shape index (κ3) is 3.48. The number of anilines is 2. The first-order valence-corrected chi connectivity index (χ1v) is 8.16. The van der Waals surface area contributed by atoms with E-state index in [1.807, 2.05) is 13.8 Å². The molecule has 3 rings (SSSR count). The van der Waals surface area contributed by atoms with Gasteiger partial charge in [0.2, 0.25) is 0 Å². The standard InChI is InChI=1S/C16H17ClN6O2/c1-3-4-12-13(14(24)23-15(21-12)18-8-19-23)22-16(25)20-10-6-5-9(2)11(17)7-10/h5-8H,3-4H2,1-2H3,(H,18,19,21)(H2,20,22,25). The molecule has 0 saturated heterocycles. The van der Waals surface area contributed by atoms with Gasteiger partial charge in [0.1, 0.15) is 12.0 Å². The highest BCUT2D eigenvalue weighted by atomic mass is 35.5. The van der Waals surface area contributed by atoms with Gasteiger partial charge in [-0.05, 0) is 31.0 Å². The predicted molar refractivity (Wildman–Crippen MR) is 96.4 cm³/mol. The second kappa shape index (κ2) is 6.94. The van der Waals surface area contributed by atoms with Crippen LogP contribution < -0.4 is 16.2 Å². The van der Waals surface area contributed by atoms with Gasteiger partial charge in [-0.25, -0.2) is 14.8 Å². The van der Waals surface area contributed by atoms with Crippen LogP contribution in [-0.4, -0.2) is 25.6 Å². The van der Waals surface area contributed by atoms with Gasteiger partial charge >= 0.3 is 6.03 Å². The minimum atomic E-state index is -0.546. The second-order valence-electron chi connectivity index (χ2n) is 5.55. The summed E-state index contributed by atoms with van der Waals surface area (Å²) in [5, 5.41) is 8.47. The highest BCUT2D eigenvalue weighted by molar-refractivity contribution is 6.31. The number of rotatable bonds is 4. The molecule has 8 nitrogen and oxygen atoms in total. The number of hydrogen-bond donors (Lipinski definition) is 3. The number of nitrogens with zero attached hydrogens (tertiary/aromatic N) is 3. The van der Waals surface area contributed by atoms with Gasteiger partial charge in [-0.2, -0.15) is 4.52 Å². The largest absolute Gasteiger partial charge is 0.323 e. The molecule has 2 amide bonds. The van der Waals surface area contributed by atoms with E-state index >= 15 is 0 Å². The molecule has 3 N–H and O–H groups in total. The fraction of sp³-hybridized carbons (Fsp3) is 0.250. The quantitative estimate of drug-likeness (QED) is 0.665. The van der Waals surface area contributed by atoms with E-state index in [9.17, 15) is 9.59 Å². The molecule has 1 aromatic carbocycles. The van der Waals surface area contributed by atoms with Crippen LogP contribution in [0.5, 0.6) is 0 Å². The van der Waals surface area contributed by atoms with Crippen molar-refractivity contribution in [3.8, 4) is 0 Å². The van der Waals surface area contributed by atoms with Gasteiger partial charge < -0.3 is 10.6 Å². The summed E-state index contributed by atoms with van der Waals surface area (Å²) in [5.74, 6) is 0.268. The number of urea groups is 1. The van der Waals surface area contributed by atoms with Crippen molar-refractivity contribution in [1.29, 1.82) is 0 Å². The Kier molecular flexibility index (Phi) is 4.71. The smallest absolute Gasteiger partial charge is 0.308 e. The van der Waals surface area contributed by atoms with Gasteiger partial charge in [0.05, 0.1) is 5.69 Å². The van der Waals surface area contributed by atoms with Gasteiger partial charge in [0.15, 0.2) is 0 Å². The molecule has 0 aliphatic rings. The fourth-order valence-corrected chi connectivity index (χ4v) is 2.57. The maximum absolute atomic E-state index is 12.6. The summed E-state index contributed by atoms with van der Waals surface area (Å²) in [6, 6.07) is 4.63. The van der Waals surface area contributed by atoms with Crippen LogP contribution in [0.1, 0.15) is 24.6 Å². The number of aryl methyl sites for hydroxylation is 2. The lowest BCUT2D eigenvalue weighted by Crippen LogP contribution is -2.28. The Morgan fingerprint density at radius 2 is 2.16 bits per heavy atom. The lowest BCUT2D eigenvalue weighted by Gasteiger charge is -2.11. The Hall–Kier alpha value is -2.87. The maximum Gasteiger partial charge on any atom is 0.323 e. The number of nitrogens with one attached hydrogen (secondary N) is 3. The molecule has 25 heavy (non-hydrogen) atoms. The van der Waals surface area contributed by atoms with E-state index in [1.165, 1.54) is 10.8 Å². The SMILES string of the molecule is CCCc1nc2nc[nH]n2c(=O)c1NC(=O)Nc1ccc(C)c(Cl)c1. The van der Waals surface area contributed by atoms with Crippen molar-refractivity contribution >= 4 is 34.8 Å². The van der Waals surface area contributed by atoms with E-state index in [0.29, 0.717) is 22.8 Å². The highest BCUT2D eigenvalue weighted by Gasteiger charge is 2.16. The van der Waals surface area contributed by atoms with Crippen molar-refractivity contribution in [2.45, 2.75) is 26.7 Å². The minimum Gasteiger partial charge on any atom is -0.308 e. The molecule has 0 aliphatic heterocycles. The van der Waals surface area contributed by atoms with E-state index in [2.05, 4.69) is 25.7 Å². The minimum absolute atomic E-state index is 0.124. The van der Waals surface area contributed by atoms with Crippen LogP contribution in [0.3, 0.4) is 0 Å². The molecule has 0 saturated carbocycles. The van der Waals surface area contributed by atoms with Crippen molar-refractivity contribution in [1.82, 2.24) is 19.6 Å². The number of aromatic nitrogens is 4. The second-order valence-corrected chi connectivity index (χ2v) is 5.96. The molecular weight excluding hydrogens is 344 g/mol. The Labute approximate surface area is 148 Å². The lowest BCUT2D eigenvalue weighted by atomic mass is 10.2. The molecule has 0 aliphatic carbocycles. The number of H-pyrrole nitrogens is 1. The fourth-order valence-electron chi connectivity index (χ4n) is 2.39. The first-order chi connectivity index (χ1) is 12.0. The first-order valence-electron chi connectivity index (χ1n) is 7.78. The van der Waals surface area contributed by atoms with Crippen LogP contribution >= 0.6 is 11.6 Å². The molecular formula is C16H17ClN6O2. The summed E-state index contributed by atoms with van der Waals surface area (Å²) in [6.07, 6.45) is 2.69. The third-order valence-corrected chi connectivity index (χ3v) is 4.07. The van der Waals surface area contributed by atoms with Crippen LogP contribution in [-0.2, 0) is 6.42 Å². The Bertz CT molecular complexity index is 994. The van der Waals surface area contributed by atoms with Crippen LogP contribution in [0.15, 0.2) is 29.3 Å². The van der Waals surface area contributed by atoms with Crippen LogP contribution in [0.25, 0.3) is 5.78 Å². The van der Waals surface area contributed by atoms with Gasteiger partial charge in [-0.1, -0.05) is 31.0 Å². The molecule has 2 aromatic heterocycles. The number of carbonyl (C=O) groups excluding carboxylic acids is 1. The summed E-state index contributed by atoms with van der Waals surface area (Å²) in [5.41, 5.74) is 1.64. The number of halogens is 1. The Balaban J connectivity index is 1.89. The van der Waals surface area contributed by atoms with E-state index in [-0.39, 0.29) is 11.5 Å². The molecule has 0 radical (unpaired) electrons. The van der Waals surface area contributed by atoms with Crippen molar-refractivity contribution in [3.05, 3.63) is 51.2 Å². The summed E-state index contributed by atoms with van der Waals surface area (Å²) < 4.78 is 1.18. The first kappa shape index (κ1) is 17.0. The molecule has 0 bridgehead atoms. The molecule has 130 valence electrons. The van der Waals surface area contributed by atoms with E-state index in [4.69, 9.17) is 11.6 Å². The zero-order chi connectivity index (χ0) is 18.0. The summed E-state index contributed by atoms with van der Waals surface area (Å²) >= 11 is 6.06. The average molecular weight is 361 g/mol. The van der Waals surface area contributed by atoms with Gasteiger partial charge in [0, 0.05) is 10.7 Å². The zero-order valence-corrected chi connectivity index (χ0v) is 14.5. The number of amides is 2. The molecule has 9 heteroatoms. The maximum atomic E-state index is 12.6. The number of aromatic amines is 1. The van der Waals surface area contributed by atoms with Gasteiger partial charge in [-0.15, -0.1) is 0 Å². The third-order valence-electron chi connectivity index (χ3n) is 3.66.